The maximum absolute atomic E-state index is 12.7. The van der Waals surface area contributed by atoms with Crippen LogP contribution in [-0.4, -0.2) is 28.6 Å². The summed E-state index contributed by atoms with van der Waals surface area (Å²) in [6.45, 7) is 2.35. The van der Waals surface area contributed by atoms with E-state index in [-0.39, 0.29) is 5.91 Å². The number of aromatic nitrogens is 1. The lowest BCUT2D eigenvalue weighted by Crippen LogP contribution is -2.26. The van der Waals surface area contributed by atoms with Crippen LogP contribution in [0.25, 0.3) is 10.9 Å². The molecule has 144 valence electrons. The molecule has 5 nitrogen and oxygen atoms in total. The maximum atomic E-state index is 12.7. The van der Waals surface area contributed by atoms with Gasteiger partial charge in [-0.15, -0.1) is 0 Å². The first-order chi connectivity index (χ1) is 13.5. The highest BCUT2D eigenvalue weighted by molar-refractivity contribution is 6.07. The van der Waals surface area contributed by atoms with E-state index < -0.39 is 5.60 Å². The summed E-state index contributed by atoms with van der Waals surface area (Å²) in [7, 11) is 0. The van der Waals surface area contributed by atoms with E-state index in [0.717, 1.165) is 29.3 Å². The van der Waals surface area contributed by atoms with Crippen LogP contribution >= 0.6 is 0 Å². The van der Waals surface area contributed by atoms with Crippen molar-refractivity contribution in [3.05, 3.63) is 71.8 Å². The molecule has 1 unspecified atom stereocenters. The van der Waals surface area contributed by atoms with Gasteiger partial charge in [0, 0.05) is 18.0 Å². The zero-order valence-corrected chi connectivity index (χ0v) is 16.0. The average Bonchev–Trinajstić information content (AvgIpc) is 3.52. The van der Waals surface area contributed by atoms with E-state index in [9.17, 15) is 9.90 Å². The van der Waals surface area contributed by atoms with Gasteiger partial charge in [0.1, 0.15) is 5.82 Å². The molecule has 5 heteroatoms. The van der Waals surface area contributed by atoms with Gasteiger partial charge in [0.05, 0.1) is 16.7 Å². The van der Waals surface area contributed by atoms with Gasteiger partial charge in [-0.2, -0.15) is 0 Å². The molecule has 4 rings (SSSR count). The monoisotopic (exact) mass is 375 g/mol. The highest BCUT2D eigenvalue weighted by Gasteiger charge is 2.25. The molecular formula is C23H25N3O2. The Morgan fingerprint density at radius 1 is 1.14 bits per heavy atom. The van der Waals surface area contributed by atoms with Gasteiger partial charge in [0.2, 0.25) is 0 Å². The normalized spacial score (nSPS) is 15.8. The van der Waals surface area contributed by atoms with E-state index in [2.05, 4.69) is 15.6 Å². The Bertz CT molecular complexity index is 982. The van der Waals surface area contributed by atoms with Crippen molar-refractivity contribution in [2.45, 2.75) is 37.8 Å². The van der Waals surface area contributed by atoms with Crippen LogP contribution in [0.2, 0.25) is 0 Å². The fraction of sp³-hybridized carbons (Fsp3) is 0.304. The molecule has 0 spiro atoms. The van der Waals surface area contributed by atoms with E-state index in [0.29, 0.717) is 30.4 Å². The van der Waals surface area contributed by atoms with Gasteiger partial charge in [-0.1, -0.05) is 48.5 Å². The van der Waals surface area contributed by atoms with Crippen LogP contribution < -0.4 is 10.6 Å². The summed E-state index contributed by atoms with van der Waals surface area (Å²) < 4.78 is 0. The molecule has 1 atom stereocenters. The predicted molar refractivity (Wildman–Crippen MR) is 111 cm³/mol. The Morgan fingerprint density at radius 2 is 1.86 bits per heavy atom. The first kappa shape index (κ1) is 18.4. The summed E-state index contributed by atoms with van der Waals surface area (Å²) in [6.07, 6.45) is 2.62. The lowest BCUT2D eigenvalue weighted by Gasteiger charge is -2.24. The molecule has 28 heavy (non-hydrogen) atoms. The number of carbonyl (C=O) groups excluding carboxylic acids is 1. The Labute approximate surface area is 164 Å². The standard InChI is InChI=1S/C23H25N3O2/c1-23(28,16-7-3-2-4-8-16)13-14-24-21-15-19(22(27)25-17-11-12-17)18-9-5-6-10-20(18)26-21/h2-10,15,17,28H,11-14H2,1H3,(H,24,26)(H,25,27). The quantitative estimate of drug-likeness (QED) is 0.587. The molecule has 1 saturated carbocycles. The third-order valence-corrected chi connectivity index (χ3v) is 5.19. The number of hydrogen-bond acceptors (Lipinski definition) is 4. The molecule has 0 saturated heterocycles. The first-order valence-electron chi connectivity index (χ1n) is 9.75. The van der Waals surface area contributed by atoms with Crippen molar-refractivity contribution in [2.24, 2.45) is 0 Å². The number of fused-ring (bicyclic) bond motifs is 1. The second-order valence-corrected chi connectivity index (χ2v) is 7.64. The number of benzene rings is 2. The molecule has 1 aliphatic carbocycles. The SMILES string of the molecule is CC(O)(CCNc1cc(C(=O)NC2CC2)c2ccccc2n1)c1ccccc1. The van der Waals surface area contributed by atoms with Crippen LogP contribution in [0.5, 0.6) is 0 Å². The van der Waals surface area contributed by atoms with Crippen LogP contribution in [-0.2, 0) is 5.60 Å². The van der Waals surface area contributed by atoms with Crippen LogP contribution in [0.15, 0.2) is 60.7 Å². The van der Waals surface area contributed by atoms with Crippen LogP contribution in [0, 0.1) is 0 Å². The molecule has 1 aromatic heterocycles. The summed E-state index contributed by atoms with van der Waals surface area (Å²) in [5.41, 5.74) is 1.36. The fourth-order valence-electron chi connectivity index (χ4n) is 3.32. The van der Waals surface area contributed by atoms with Crippen LogP contribution in [0.4, 0.5) is 5.82 Å². The van der Waals surface area contributed by atoms with Gasteiger partial charge in [0.25, 0.3) is 5.91 Å². The van der Waals surface area contributed by atoms with Gasteiger partial charge < -0.3 is 15.7 Å². The number of aliphatic hydroxyl groups is 1. The Morgan fingerprint density at radius 3 is 2.61 bits per heavy atom. The zero-order valence-electron chi connectivity index (χ0n) is 16.0. The third kappa shape index (κ3) is 4.15. The minimum atomic E-state index is -0.933. The van der Waals surface area contributed by atoms with E-state index in [1.165, 1.54) is 0 Å². The Balaban J connectivity index is 1.51. The second-order valence-electron chi connectivity index (χ2n) is 7.64. The molecule has 3 aromatic rings. The van der Waals surface area contributed by atoms with Gasteiger partial charge in [-0.05, 0) is 43.9 Å². The molecular weight excluding hydrogens is 350 g/mol. The minimum Gasteiger partial charge on any atom is -0.385 e. The van der Waals surface area contributed by atoms with Crippen molar-refractivity contribution in [1.82, 2.24) is 10.3 Å². The van der Waals surface area contributed by atoms with Crippen molar-refractivity contribution >= 4 is 22.6 Å². The molecule has 0 bridgehead atoms. The highest BCUT2D eigenvalue weighted by atomic mass is 16.3. The number of nitrogens with zero attached hydrogens (tertiary/aromatic N) is 1. The molecule has 0 aliphatic heterocycles. The molecule has 1 aliphatic rings. The zero-order chi connectivity index (χ0) is 19.6. The van der Waals surface area contributed by atoms with Crippen molar-refractivity contribution in [2.75, 3.05) is 11.9 Å². The van der Waals surface area contributed by atoms with Crippen molar-refractivity contribution in [3.8, 4) is 0 Å². The molecule has 1 fully saturated rings. The summed E-state index contributed by atoms with van der Waals surface area (Å²) >= 11 is 0. The molecule has 2 aromatic carbocycles. The smallest absolute Gasteiger partial charge is 0.252 e. The van der Waals surface area contributed by atoms with Gasteiger partial charge in [-0.25, -0.2) is 4.98 Å². The van der Waals surface area contributed by atoms with Gasteiger partial charge >= 0.3 is 0 Å². The third-order valence-electron chi connectivity index (χ3n) is 5.19. The summed E-state index contributed by atoms with van der Waals surface area (Å²) in [6, 6.07) is 19.4. The molecule has 1 amide bonds. The van der Waals surface area contributed by atoms with Crippen LogP contribution in [0.1, 0.15) is 42.1 Å². The maximum Gasteiger partial charge on any atom is 0.252 e. The van der Waals surface area contributed by atoms with Crippen molar-refractivity contribution in [1.29, 1.82) is 0 Å². The van der Waals surface area contributed by atoms with Crippen LogP contribution in [0.3, 0.4) is 0 Å². The fourth-order valence-corrected chi connectivity index (χ4v) is 3.32. The summed E-state index contributed by atoms with van der Waals surface area (Å²) in [5.74, 6) is 0.587. The highest BCUT2D eigenvalue weighted by Crippen LogP contribution is 2.26. The number of amides is 1. The largest absolute Gasteiger partial charge is 0.385 e. The second kappa shape index (κ2) is 7.60. The Hall–Kier alpha value is -2.92. The number of carbonyl (C=O) groups is 1. The Kier molecular flexibility index (Phi) is 5.01. The number of pyridine rings is 1. The summed E-state index contributed by atoms with van der Waals surface area (Å²) in [5, 5.41) is 17.9. The lowest BCUT2D eigenvalue weighted by atomic mass is 9.93. The van der Waals surface area contributed by atoms with E-state index in [1.807, 2.05) is 61.5 Å². The number of rotatable bonds is 7. The number of hydrogen-bond donors (Lipinski definition) is 3. The topological polar surface area (TPSA) is 74.2 Å². The van der Waals surface area contributed by atoms with Gasteiger partial charge in [0.15, 0.2) is 0 Å². The van der Waals surface area contributed by atoms with Crippen molar-refractivity contribution < 1.29 is 9.90 Å². The predicted octanol–water partition coefficient (Wildman–Crippen LogP) is 3.84. The van der Waals surface area contributed by atoms with E-state index in [1.54, 1.807) is 6.07 Å². The van der Waals surface area contributed by atoms with Crippen molar-refractivity contribution in [3.63, 3.8) is 0 Å². The van der Waals surface area contributed by atoms with Gasteiger partial charge in [-0.3, -0.25) is 4.79 Å². The first-order valence-corrected chi connectivity index (χ1v) is 9.75. The minimum absolute atomic E-state index is 0.0552. The number of anilines is 1. The average molecular weight is 375 g/mol. The summed E-state index contributed by atoms with van der Waals surface area (Å²) in [4.78, 5) is 17.3. The molecule has 0 radical (unpaired) electrons. The number of nitrogens with one attached hydrogen (secondary N) is 2. The molecule has 1 heterocycles. The van der Waals surface area contributed by atoms with E-state index in [4.69, 9.17) is 0 Å². The number of para-hydroxylation sites is 1. The lowest BCUT2D eigenvalue weighted by molar-refractivity contribution is 0.0515. The molecule has 3 N–H and O–H groups in total. The van der Waals surface area contributed by atoms with E-state index >= 15 is 0 Å².